The second kappa shape index (κ2) is 7.91. The monoisotopic (exact) mass is 472 g/mol. The van der Waals surface area contributed by atoms with Gasteiger partial charge in [0, 0.05) is 15.9 Å². The van der Waals surface area contributed by atoms with Gasteiger partial charge in [0.1, 0.15) is 5.00 Å². The van der Waals surface area contributed by atoms with E-state index >= 15 is 0 Å². The van der Waals surface area contributed by atoms with Gasteiger partial charge in [-0.15, -0.1) is 11.3 Å². The van der Waals surface area contributed by atoms with Gasteiger partial charge in [0.2, 0.25) is 0 Å². The number of thiophene rings is 1. The standard InChI is InChI=1S/C19H18Cl2N2O4S2/c20-10-4-5-12(14(21)8-10)17(24)23-19-16(13-2-1-3-15(13)28-19)18(25)22-11-6-7-29(26,27)9-11/h4-5,8,11H,1-3,6-7,9H2,(H,22,25)(H,23,24)/t11-/m0/s1. The predicted octanol–water partition coefficient (Wildman–Crippen LogP) is 3.71. The van der Waals surface area contributed by atoms with Crippen LogP contribution in [0.2, 0.25) is 10.0 Å². The van der Waals surface area contributed by atoms with Crippen LogP contribution in [0.5, 0.6) is 0 Å². The molecule has 1 aromatic carbocycles. The summed E-state index contributed by atoms with van der Waals surface area (Å²) in [5.74, 6) is -0.737. The summed E-state index contributed by atoms with van der Waals surface area (Å²) in [6.07, 6.45) is 2.98. The zero-order chi connectivity index (χ0) is 20.8. The van der Waals surface area contributed by atoms with Crippen molar-refractivity contribution in [2.24, 2.45) is 0 Å². The van der Waals surface area contributed by atoms with Crippen LogP contribution in [0, 0.1) is 0 Å². The zero-order valence-corrected chi connectivity index (χ0v) is 18.4. The molecule has 0 bridgehead atoms. The number of carbonyl (C=O) groups excluding carboxylic acids is 2. The third kappa shape index (κ3) is 4.30. The molecular weight excluding hydrogens is 455 g/mol. The summed E-state index contributed by atoms with van der Waals surface area (Å²) in [5, 5.41) is 6.75. The quantitative estimate of drug-likeness (QED) is 0.708. The van der Waals surface area contributed by atoms with Gasteiger partial charge in [-0.2, -0.15) is 0 Å². The average molecular weight is 473 g/mol. The highest BCUT2D eigenvalue weighted by molar-refractivity contribution is 7.91. The molecule has 2 heterocycles. The summed E-state index contributed by atoms with van der Waals surface area (Å²) < 4.78 is 23.4. The first-order valence-electron chi connectivity index (χ1n) is 9.16. The fraction of sp³-hybridized carbons (Fsp3) is 0.368. The molecule has 1 aromatic heterocycles. The topological polar surface area (TPSA) is 92.3 Å². The number of benzene rings is 1. The van der Waals surface area contributed by atoms with Gasteiger partial charge in [-0.05, 0) is 49.4 Å². The minimum atomic E-state index is -3.10. The molecule has 1 saturated heterocycles. The normalized spacial score (nSPS) is 19.7. The van der Waals surface area contributed by atoms with Crippen molar-refractivity contribution in [3.05, 3.63) is 49.8 Å². The molecule has 1 aliphatic carbocycles. The van der Waals surface area contributed by atoms with Gasteiger partial charge in [-0.1, -0.05) is 23.2 Å². The molecule has 154 valence electrons. The average Bonchev–Trinajstić information content (AvgIpc) is 3.28. The summed E-state index contributed by atoms with van der Waals surface area (Å²) in [6.45, 7) is 0. The van der Waals surface area contributed by atoms with Crippen molar-refractivity contribution < 1.29 is 18.0 Å². The number of hydrogen-bond donors (Lipinski definition) is 2. The molecule has 0 radical (unpaired) electrons. The molecule has 0 saturated carbocycles. The molecule has 1 fully saturated rings. The Morgan fingerprint density at radius 2 is 1.93 bits per heavy atom. The SMILES string of the molecule is O=C(Nc1sc2c(c1C(=O)N[C@H]1CCS(=O)(=O)C1)CCC2)c1ccc(Cl)cc1Cl. The molecule has 1 aliphatic heterocycles. The molecule has 29 heavy (non-hydrogen) atoms. The molecule has 0 spiro atoms. The lowest BCUT2D eigenvalue weighted by Gasteiger charge is -2.13. The smallest absolute Gasteiger partial charge is 0.257 e. The molecule has 0 unspecified atom stereocenters. The van der Waals surface area contributed by atoms with E-state index in [1.807, 2.05) is 0 Å². The second-order valence-electron chi connectivity index (χ2n) is 7.21. The number of amides is 2. The molecule has 1 atom stereocenters. The van der Waals surface area contributed by atoms with Crippen LogP contribution >= 0.6 is 34.5 Å². The molecule has 2 N–H and O–H groups in total. The highest BCUT2D eigenvalue weighted by Crippen LogP contribution is 2.39. The number of fused-ring (bicyclic) bond motifs is 1. The lowest BCUT2D eigenvalue weighted by Crippen LogP contribution is -2.36. The summed E-state index contributed by atoms with van der Waals surface area (Å²) in [4.78, 5) is 26.8. The molecule has 2 aromatic rings. The van der Waals surface area contributed by atoms with E-state index in [2.05, 4.69) is 10.6 Å². The first-order valence-corrected chi connectivity index (χ1v) is 12.5. The van der Waals surface area contributed by atoms with E-state index in [0.29, 0.717) is 22.0 Å². The van der Waals surface area contributed by atoms with Crippen LogP contribution in [0.1, 0.15) is 44.0 Å². The van der Waals surface area contributed by atoms with Crippen LogP contribution in [0.3, 0.4) is 0 Å². The number of rotatable bonds is 4. The van der Waals surface area contributed by atoms with Crippen molar-refractivity contribution in [1.29, 1.82) is 0 Å². The molecule has 10 heteroatoms. The Hall–Kier alpha value is -1.61. The number of aryl methyl sites for hydroxylation is 1. The van der Waals surface area contributed by atoms with Gasteiger partial charge >= 0.3 is 0 Å². The minimum Gasteiger partial charge on any atom is -0.348 e. The van der Waals surface area contributed by atoms with E-state index in [9.17, 15) is 18.0 Å². The summed E-state index contributed by atoms with van der Waals surface area (Å²) >= 11 is 13.4. The summed E-state index contributed by atoms with van der Waals surface area (Å²) in [7, 11) is -3.10. The number of anilines is 1. The molecule has 4 rings (SSSR count). The highest BCUT2D eigenvalue weighted by Gasteiger charge is 2.33. The zero-order valence-electron chi connectivity index (χ0n) is 15.3. The minimum absolute atomic E-state index is 0.0485. The molecular formula is C19H18Cl2N2O4S2. The highest BCUT2D eigenvalue weighted by atomic mass is 35.5. The van der Waals surface area contributed by atoms with E-state index in [-0.39, 0.29) is 28.0 Å². The van der Waals surface area contributed by atoms with Crippen molar-refractivity contribution >= 4 is 61.2 Å². The maximum absolute atomic E-state index is 13.0. The lowest BCUT2D eigenvalue weighted by atomic mass is 10.1. The van der Waals surface area contributed by atoms with Gasteiger partial charge in [0.05, 0.1) is 27.7 Å². The van der Waals surface area contributed by atoms with Gasteiger partial charge in [0.15, 0.2) is 9.84 Å². The van der Waals surface area contributed by atoms with E-state index in [4.69, 9.17) is 23.2 Å². The van der Waals surface area contributed by atoms with Crippen molar-refractivity contribution in [3.63, 3.8) is 0 Å². The molecule has 6 nitrogen and oxygen atoms in total. The van der Waals surface area contributed by atoms with Crippen LogP contribution in [0.4, 0.5) is 5.00 Å². The van der Waals surface area contributed by atoms with Crippen LogP contribution in [0.25, 0.3) is 0 Å². The third-order valence-corrected chi connectivity index (χ3v) is 8.64. The maximum Gasteiger partial charge on any atom is 0.257 e. The number of nitrogens with one attached hydrogen (secondary N) is 2. The second-order valence-corrected chi connectivity index (χ2v) is 11.4. The third-order valence-electron chi connectivity index (χ3n) is 5.12. The van der Waals surface area contributed by atoms with Crippen LogP contribution in [-0.4, -0.2) is 37.8 Å². The van der Waals surface area contributed by atoms with E-state index < -0.39 is 21.8 Å². The van der Waals surface area contributed by atoms with E-state index in [0.717, 1.165) is 29.7 Å². The first-order chi connectivity index (χ1) is 13.7. The number of sulfone groups is 1. The summed E-state index contributed by atoms with van der Waals surface area (Å²) in [5.41, 5.74) is 1.63. The van der Waals surface area contributed by atoms with Gasteiger partial charge in [0.25, 0.3) is 11.8 Å². The Bertz CT molecular complexity index is 1110. The Kier molecular flexibility index (Phi) is 5.63. The van der Waals surface area contributed by atoms with E-state index in [1.54, 1.807) is 6.07 Å². The van der Waals surface area contributed by atoms with Crippen LogP contribution in [-0.2, 0) is 22.7 Å². The predicted molar refractivity (Wildman–Crippen MR) is 115 cm³/mol. The number of carbonyl (C=O) groups is 2. The molecule has 2 amide bonds. The van der Waals surface area contributed by atoms with E-state index in [1.165, 1.54) is 23.5 Å². The number of hydrogen-bond acceptors (Lipinski definition) is 5. The van der Waals surface area contributed by atoms with Crippen LogP contribution in [0.15, 0.2) is 18.2 Å². The maximum atomic E-state index is 13.0. The van der Waals surface area contributed by atoms with Gasteiger partial charge in [-0.25, -0.2) is 8.42 Å². The Labute approximate surface area is 182 Å². The molecule has 2 aliphatic rings. The van der Waals surface area contributed by atoms with Crippen molar-refractivity contribution in [2.75, 3.05) is 16.8 Å². The van der Waals surface area contributed by atoms with Crippen molar-refractivity contribution in [3.8, 4) is 0 Å². The Morgan fingerprint density at radius 3 is 2.62 bits per heavy atom. The van der Waals surface area contributed by atoms with Crippen LogP contribution < -0.4 is 10.6 Å². The number of halogens is 2. The summed E-state index contributed by atoms with van der Waals surface area (Å²) in [6, 6.07) is 4.19. The van der Waals surface area contributed by atoms with Crippen molar-refractivity contribution in [2.45, 2.75) is 31.7 Å². The Balaban J connectivity index is 1.59. The Morgan fingerprint density at radius 1 is 1.14 bits per heavy atom. The largest absolute Gasteiger partial charge is 0.348 e. The van der Waals surface area contributed by atoms with Gasteiger partial charge < -0.3 is 10.6 Å². The fourth-order valence-electron chi connectivity index (χ4n) is 3.74. The van der Waals surface area contributed by atoms with Gasteiger partial charge in [-0.3, -0.25) is 9.59 Å². The van der Waals surface area contributed by atoms with Crippen molar-refractivity contribution in [1.82, 2.24) is 5.32 Å². The lowest BCUT2D eigenvalue weighted by molar-refractivity contribution is 0.0941. The fourth-order valence-corrected chi connectivity index (χ4v) is 7.19. The first kappa shape index (κ1) is 20.7.